The summed E-state index contributed by atoms with van der Waals surface area (Å²) in [4.78, 5) is 8.23. The number of hydrogen-bond acceptors (Lipinski definition) is 3. The molecule has 0 aliphatic rings. The number of benzene rings is 1. The van der Waals surface area contributed by atoms with Gasteiger partial charge in [-0.25, -0.2) is 9.97 Å². The maximum Gasteiger partial charge on any atom is 0.171 e. The molecule has 1 heterocycles. The van der Waals surface area contributed by atoms with Crippen molar-refractivity contribution in [3.8, 4) is 0 Å². The smallest absolute Gasteiger partial charge is 0.171 e. The fraction of sp³-hybridized carbons (Fsp3) is 0.333. The van der Waals surface area contributed by atoms with Crippen LogP contribution in [0.5, 0.6) is 0 Å². The van der Waals surface area contributed by atoms with Crippen molar-refractivity contribution in [2.45, 2.75) is 32.2 Å². The van der Waals surface area contributed by atoms with E-state index in [1.54, 1.807) is 12.4 Å². The van der Waals surface area contributed by atoms with Crippen molar-refractivity contribution in [1.82, 2.24) is 9.97 Å². The van der Waals surface area contributed by atoms with Gasteiger partial charge in [-0.05, 0) is 32.3 Å². The molecule has 0 aliphatic carbocycles. The first-order valence-corrected chi connectivity index (χ1v) is 6.73. The van der Waals surface area contributed by atoms with Crippen LogP contribution in [0.2, 0.25) is 5.15 Å². The number of nitrogens with zero attached hydrogens (tertiary/aromatic N) is 2. The van der Waals surface area contributed by atoms with Crippen LogP contribution in [-0.4, -0.2) is 15.5 Å². The topological polar surface area (TPSA) is 37.8 Å². The molecule has 0 radical (unpaired) electrons. The minimum atomic E-state index is -0.0878. The van der Waals surface area contributed by atoms with E-state index < -0.39 is 0 Å². The summed E-state index contributed by atoms with van der Waals surface area (Å²) in [5.41, 5.74) is 1.25. The third-order valence-electron chi connectivity index (χ3n) is 2.99. The standard InChI is InChI=1S/C15H18ClN3/c1-15(2,9-8-12-6-4-3-5-7-12)19-14-13(16)17-10-11-18-14/h3-7,10-11H,8-9H2,1-2H3,(H,18,19). The van der Waals surface area contributed by atoms with Crippen LogP contribution in [-0.2, 0) is 6.42 Å². The number of hydrogen-bond donors (Lipinski definition) is 1. The Balaban J connectivity index is 1.97. The largest absolute Gasteiger partial charge is 0.363 e. The molecule has 0 bridgehead atoms. The summed E-state index contributed by atoms with van der Waals surface area (Å²) in [5, 5.41) is 3.76. The fourth-order valence-corrected chi connectivity index (χ4v) is 2.04. The molecule has 19 heavy (non-hydrogen) atoms. The van der Waals surface area contributed by atoms with Gasteiger partial charge < -0.3 is 5.32 Å². The fourth-order valence-electron chi connectivity index (χ4n) is 1.89. The van der Waals surface area contributed by atoms with Crippen molar-refractivity contribution in [3.63, 3.8) is 0 Å². The summed E-state index contributed by atoms with van der Waals surface area (Å²) < 4.78 is 0. The van der Waals surface area contributed by atoms with E-state index >= 15 is 0 Å². The van der Waals surface area contributed by atoms with Crippen molar-refractivity contribution >= 4 is 17.4 Å². The summed E-state index contributed by atoms with van der Waals surface area (Å²) in [5.74, 6) is 0.641. The van der Waals surface area contributed by atoms with Gasteiger partial charge in [0, 0.05) is 17.9 Å². The molecule has 4 heteroatoms. The van der Waals surface area contributed by atoms with Gasteiger partial charge in [-0.3, -0.25) is 0 Å². The first-order valence-electron chi connectivity index (χ1n) is 6.35. The number of anilines is 1. The zero-order valence-corrected chi connectivity index (χ0v) is 12.0. The Morgan fingerprint density at radius 3 is 2.47 bits per heavy atom. The molecule has 0 aliphatic heterocycles. The van der Waals surface area contributed by atoms with Gasteiger partial charge in [0.05, 0.1) is 0 Å². The average molecular weight is 276 g/mol. The normalized spacial score (nSPS) is 11.3. The van der Waals surface area contributed by atoms with E-state index in [1.807, 2.05) is 6.07 Å². The second kappa shape index (κ2) is 6.02. The first-order chi connectivity index (χ1) is 9.07. The summed E-state index contributed by atoms with van der Waals surface area (Å²) in [6.07, 6.45) is 5.23. The number of halogens is 1. The van der Waals surface area contributed by atoms with Crippen LogP contribution in [0.25, 0.3) is 0 Å². The van der Waals surface area contributed by atoms with Gasteiger partial charge in [0.2, 0.25) is 0 Å². The highest BCUT2D eigenvalue weighted by Gasteiger charge is 2.19. The van der Waals surface area contributed by atoms with Crippen molar-refractivity contribution in [2.75, 3.05) is 5.32 Å². The Bertz CT molecular complexity index is 526. The molecule has 100 valence electrons. The molecule has 0 spiro atoms. The van der Waals surface area contributed by atoms with E-state index in [0.29, 0.717) is 11.0 Å². The Labute approximate surface area is 119 Å². The SMILES string of the molecule is CC(C)(CCc1ccccc1)Nc1nccnc1Cl. The molecule has 3 nitrogen and oxygen atoms in total. The minimum absolute atomic E-state index is 0.0878. The van der Waals surface area contributed by atoms with E-state index in [1.165, 1.54) is 5.56 Å². The van der Waals surface area contributed by atoms with Crippen LogP contribution in [0.1, 0.15) is 25.8 Å². The summed E-state index contributed by atoms with van der Waals surface area (Å²) in [6, 6.07) is 10.5. The lowest BCUT2D eigenvalue weighted by atomic mass is 9.95. The molecule has 0 saturated carbocycles. The third kappa shape index (κ3) is 4.21. The molecule has 1 aromatic heterocycles. The number of aromatic nitrogens is 2. The highest BCUT2D eigenvalue weighted by atomic mass is 35.5. The van der Waals surface area contributed by atoms with Crippen molar-refractivity contribution in [2.24, 2.45) is 0 Å². The lowest BCUT2D eigenvalue weighted by Crippen LogP contribution is -2.32. The zero-order chi connectivity index (χ0) is 13.7. The van der Waals surface area contributed by atoms with Crippen molar-refractivity contribution in [1.29, 1.82) is 0 Å². The molecule has 0 atom stereocenters. The van der Waals surface area contributed by atoms with Gasteiger partial charge in [-0.1, -0.05) is 41.9 Å². The molecule has 1 N–H and O–H groups in total. The van der Waals surface area contributed by atoms with Crippen LogP contribution in [0.15, 0.2) is 42.7 Å². The van der Waals surface area contributed by atoms with Gasteiger partial charge >= 0.3 is 0 Å². The van der Waals surface area contributed by atoms with Crippen LogP contribution < -0.4 is 5.32 Å². The Hall–Kier alpha value is -1.61. The highest BCUT2D eigenvalue weighted by Crippen LogP contribution is 2.22. The van der Waals surface area contributed by atoms with Gasteiger partial charge in [-0.15, -0.1) is 0 Å². The van der Waals surface area contributed by atoms with Gasteiger partial charge in [0.1, 0.15) is 0 Å². The van der Waals surface area contributed by atoms with Crippen molar-refractivity contribution < 1.29 is 0 Å². The van der Waals surface area contributed by atoms with Gasteiger partial charge in [0.15, 0.2) is 11.0 Å². The van der Waals surface area contributed by atoms with Crippen LogP contribution in [0.3, 0.4) is 0 Å². The molecular formula is C15H18ClN3. The lowest BCUT2D eigenvalue weighted by Gasteiger charge is -2.27. The van der Waals surface area contributed by atoms with Crippen molar-refractivity contribution in [3.05, 3.63) is 53.4 Å². The molecule has 2 rings (SSSR count). The zero-order valence-electron chi connectivity index (χ0n) is 11.2. The van der Waals surface area contributed by atoms with E-state index in [2.05, 4.69) is 53.4 Å². The molecular weight excluding hydrogens is 258 g/mol. The summed E-state index contributed by atoms with van der Waals surface area (Å²) >= 11 is 6.01. The predicted octanol–water partition coefficient (Wildman–Crippen LogP) is 3.95. The molecule has 0 saturated heterocycles. The second-order valence-corrected chi connectivity index (χ2v) is 5.55. The summed E-state index contributed by atoms with van der Waals surface area (Å²) in [7, 11) is 0. The molecule has 0 fully saturated rings. The average Bonchev–Trinajstić information content (AvgIpc) is 2.40. The van der Waals surface area contributed by atoms with Gasteiger partial charge in [0.25, 0.3) is 0 Å². The highest BCUT2D eigenvalue weighted by molar-refractivity contribution is 6.31. The number of rotatable bonds is 5. The predicted molar refractivity (Wildman–Crippen MR) is 79.5 cm³/mol. The third-order valence-corrected chi connectivity index (χ3v) is 3.27. The van der Waals surface area contributed by atoms with E-state index in [4.69, 9.17) is 11.6 Å². The monoisotopic (exact) mass is 275 g/mol. The summed E-state index contributed by atoms with van der Waals surface area (Å²) in [6.45, 7) is 4.28. The van der Waals surface area contributed by atoms with E-state index in [-0.39, 0.29) is 5.54 Å². The Morgan fingerprint density at radius 1 is 1.11 bits per heavy atom. The maximum atomic E-state index is 6.01. The van der Waals surface area contributed by atoms with Gasteiger partial charge in [-0.2, -0.15) is 0 Å². The molecule has 0 amide bonds. The molecule has 1 aromatic carbocycles. The Kier molecular flexibility index (Phi) is 4.38. The lowest BCUT2D eigenvalue weighted by molar-refractivity contribution is 0.516. The number of nitrogens with one attached hydrogen (secondary N) is 1. The second-order valence-electron chi connectivity index (χ2n) is 5.19. The van der Waals surface area contributed by atoms with Crippen LogP contribution in [0.4, 0.5) is 5.82 Å². The quantitative estimate of drug-likeness (QED) is 0.898. The van der Waals surface area contributed by atoms with E-state index in [0.717, 1.165) is 12.8 Å². The van der Waals surface area contributed by atoms with Crippen LogP contribution in [0, 0.1) is 0 Å². The van der Waals surface area contributed by atoms with E-state index in [9.17, 15) is 0 Å². The number of aryl methyl sites for hydroxylation is 1. The first kappa shape index (κ1) is 13.8. The minimum Gasteiger partial charge on any atom is -0.363 e. The maximum absolute atomic E-state index is 6.01. The van der Waals surface area contributed by atoms with Crippen LogP contribution >= 0.6 is 11.6 Å². The molecule has 2 aromatic rings. The molecule has 0 unspecified atom stereocenters. The Morgan fingerprint density at radius 2 is 1.79 bits per heavy atom.